The Labute approximate surface area is 237 Å². The van der Waals surface area contributed by atoms with Crippen molar-refractivity contribution < 1.29 is 27.8 Å². The van der Waals surface area contributed by atoms with Crippen molar-refractivity contribution in [2.45, 2.75) is 38.5 Å². The molecule has 10 heteroatoms. The maximum absolute atomic E-state index is 13.3. The molecule has 40 heavy (non-hydrogen) atoms. The van der Waals surface area contributed by atoms with Gasteiger partial charge in [0.1, 0.15) is 0 Å². The molecule has 0 aromatic heterocycles. The summed E-state index contributed by atoms with van der Waals surface area (Å²) >= 11 is 0. The van der Waals surface area contributed by atoms with Gasteiger partial charge in [-0.2, -0.15) is 0 Å². The maximum atomic E-state index is 13.3. The van der Waals surface area contributed by atoms with Crippen LogP contribution < -0.4 is 24.4 Å². The van der Waals surface area contributed by atoms with Crippen molar-refractivity contribution in [3.8, 4) is 11.5 Å². The summed E-state index contributed by atoms with van der Waals surface area (Å²) in [6, 6.07) is 21.0. The summed E-state index contributed by atoms with van der Waals surface area (Å²) in [6.07, 6.45) is -0.0241. The van der Waals surface area contributed by atoms with E-state index < -0.39 is 28.1 Å². The highest BCUT2D eigenvalue weighted by Crippen LogP contribution is 2.30. The predicted octanol–water partition coefficient (Wildman–Crippen LogP) is 3.37. The average molecular weight is 570 g/mol. The zero-order valence-corrected chi connectivity index (χ0v) is 24.3. The third-order valence-corrected chi connectivity index (χ3v) is 8.55. The van der Waals surface area contributed by atoms with E-state index in [1.807, 2.05) is 48.5 Å². The van der Waals surface area contributed by atoms with E-state index in [9.17, 15) is 18.3 Å². The van der Waals surface area contributed by atoms with Gasteiger partial charge in [-0.15, -0.1) is 0 Å². The first-order valence-corrected chi connectivity index (χ1v) is 14.8. The standard InChI is InChI=1S/C30H39N3O6S/c1-5-17-40(36,37)33(2)25-15-9-13-23(19-25)30(35)32-26(18-22-11-7-6-8-12-22)27(34)21-31-20-24-14-10-16-28(38-3)29(24)39-4/h6-16,19,26-27,31,34H,5,17-18,20-21H2,1-4H3,(H,32,35). The van der Waals surface area contributed by atoms with E-state index in [0.29, 0.717) is 42.1 Å². The maximum Gasteiger partial charge on any atom is 0.251 e. The van der Waals surface area contributed by atoms with Crippen LogP contribution in [0.15, 0.2) is 72.8 Å². The molecule has 0 radical (unpaired) electrons. The number of carbonyl (C=O) groups is 1. The van der Waals surface area contributed by atoms with Crippen LogP contribution in [0.1, 0.15) is 34.8 Å². The Morgan fingerprint density at radius 1 is 1.00 bits per heavy atom. The zero-order chi connectivity index (χ0) is 29.1. The van der Waals surface area contributed by atoms with Crippen LogP contribution in [-0.4, -0.2) is 65.1 Å². The van der Waals surface area contributed by atoms with Crippen molar-refractivity contribution in [3.05, 3.63) is 89.5 Å². The first-order chi connectivity index (χ1) is 19.2. The van der Waals surface area contributed by atoms with E-state index in [2.05, 4.69) is 10.6 Å². The lowest BCUT2D eigenvalue weighted by Gasteiger charge is -2.25. The largest absolute Gasteiger partial charge is 0.493 e. The molecule has 3 aromatic rings. The number of sulfonamides is 1. The number of amides is 1. The Hall–Kier alpha value is -3.60. The van der Waals surface area contributed by atoms with Gasteiger partial charge in [-0.1, -0.05) is 55.5 Å². The van der Waals surface area contributed by atoms with Crippen LogP contribution in [0.25, 0.3) is 0 Å². The van der Waals surface area contributed by atoms with Crippen LogP contribution in [0, 0.1) is 0 Å². The van der Waals surface area contributed by atoms with Gasteiger partial charge in [0.25, 0.3) is 5.91 Å². The third-order valence-electron chi connectivity index (χ3n) is 6.58. The minimum absolute atomic E-state index is 0.0138. The van der Waals surface area contributed by atoms with E-state index in [4.69, 9.17) is 9.47 Å². The fourth-order valence-corrected chi connectivity index (χ4v) is 5.62. The van der Waals surface area contributed by atoms with Crippen molar-refractivity contribution in [2.75, 3.05) is 37.9 Å². The fraction of sp³-hybridized carbons (Fsp3) is 0.367. The molecular weight excluding hydrogens is 530 g/mol. The lowest BCUT2D eigenvalue weighted by Crippen LogP contribution is -2.48. The molecule has 0 spiro atoms. The summed E-state index contributed by atoms with van der Waals surface area (Å²) in [5.41, 5.74) is 2.53. The van der Waals surface area contributed by atoms with Crippen molar-refractivity contribution in [2.24, 2.45) is 0 Å². The molecule has 0 heterocycles. The van der Waals surface area contributed by atoms with Crippen LogP contribution in [0.5, 0.6) is 11.5 Å². The van der Waals surface area contributed by atoms with Gasteiger partial charge in [0, 0.05) is 31.3 Å². The molecule has 3 N–H and O–H groups in total. The monoisotopic (exact) mass is 569 g/mol. The fourth-order valence-electron chi connectivity index (χ4n) is 4.39. The van der Waals surface area contributed by atoms with Crippen LogP contribution in [0.2, 0.25) is 0 Å². The molecule has 0 aliphatic carbocycles. The molecule has 3 aromatic carbocycles. The number of hydrogen-bond donors (Lipinski definition) is 3. The number of nitrogens with one attached hydrogen (secondary N) is 2. The second-order valence-electron chi connectivity index (χ2n) is 9.45. The molecular formula is C30H39N3O6S. The molecule has 216 valence electrons. The van der Waals surface area contributed by atoms with Gasteiger partial charge in [-0.05, 0) is 42.7 Å². The highest BCUT2D eigenvalue weighted by Gasteiger charge is 2.24. The van der Waals surface area contributed by atoms with Gasteiger partial charge in [0.2, 0.25) is 10.0 Å². The third kappa shape index (κ3) is 8.20. The molecule has 1 amide bonds. The second kappa shape index (κ2) is 14.7. The molecule has 2 unspecified atom stereocenters. The van der Waals surface area contributed by atoms with Crippen molar-refractivity contribution in [1.82, 2.24) is 10.6 Å². The SMILES string of the molecule is CCCS(=O)(=O)N(C)c1cccc(C(=O)NC(Cc2ccccc2)C(O)CNCc2cccc(OC)c2OC)c1. The quantitative estimate of drug-likeness (QED) is 0.257. The number of aliphatic hydroxyl groups excluding tert-OH is 1. The van der Waals surface area contributed by atoms with Crippen molar-refractivity contribution in [1.29, 1.82) is 0 Å². The van der Waals surface area contributed by atoms with Crippen molar-refractivity contribution in [3.63, 3.8) is 0 Å². The van der Waals surface area contributed by atoms with Gasteiger partial charge in [0.05, 0.1) is 37.8 Å². The lowest BCUT2D eigenvalue weighted by atomic mass is 10.00. The van der Waals surface area contributed by atoms with Crippen molar-refractivity contribution >= 4 is 21.6 Å². The molecule has 0 bridgehead atoms. The molecule has 0 aliphatic heterocycles. The number of aliphatic hydroxyl groups is 1. The Kier molecular flexibility index (Phi) is 11.4. The second-order valence-corrected chi connectivity index (χ2v) is 11.6. The average Bonchev–Trinajstić information content (AvgIpc) is 2.96. The summed E-state index contributed by atoms with van der Waals surface area (Å²) < 4.78 is 37.1. The van der Waals surface area contributed by atoms with E-state index in [1.165, 1.54) is 11.4 Å². The van der Waals surface area contributed by atoms with E-state index >= 15 is 0 Å². The van der Waals surface area contributed by atoms with Crippen LogP contribution in [-0.2, 0) is 23.0 Å². The normalized spacial score (nSPS) is 12.8. The Bertz CT molecular complexity index is 1350. The molecule has 2 atom stereocenters. The molecule has 9 nitrogen and oxygen atoms in total. The highest BCUT2D eigenvalue weighted by molar-refractivity contribution is 7.92. The summed E-state index contributed by atoms with van der Waals surface area (Å²) in [6.45, 7) is 2.43. The van der Waals surface area contributed by atoms with E-state index in [-0.39, 0.29) is 12.3 Å². The predicted molar refractivity (Wildman–Crippen MR) is 158 cm³/mol. The highest BCUT2D eigenvalue weighted by atomic mass is 32.2. The molecule has 0 saturated heterocycles. The Morgan fingerprint density at radius 3 is 2.40 bits per heavy atom. The van der Waals surface area contributed by atoms with Gasteiger partial charge in [0.15, 0.2) is 11.5 Å². The number of ether oxygens (including phenoxy) is 2. The number of rotatable bonds is 15. The number of methoxy groups -OCH3 is 2. The topological polar surface area (TPSA) is 117 Å². The van der Waals surface area contributed by atoms with E-state index in [0.717, 1.165) is 11.1 Å². The number of carbonyl (C=O) groups excluding carboxylic acids is 1. The molecule has 0 fully saturated rings. The molecule has 3 rings (SSSR count). The lowest BCUT2D eigenvalue weighted by molar-refractivity contribution is 0.0830. The van der Waals surface area contributed by atoms with Gasteiger partial charge in [-0.25, -0.2) is 8.42 Å². The van der Waals surface area contributed by atoms with Gasteiger partial charge >= 0.3 is 0 Å². The zero-order valence-electron chi connectivity index (χ0n) is 23.5. The molecule has 0 saturated carbocycles. The first kappa shape index (κ1) is 30.9. The van der Waals surface area contributed by atoms with Crippen LogP contribution >= 0.6 is 0 Å². The number of anilines is 1. The Morgan fingerprint density at radius 2 is 1.73 bits per heavy atom. The number of benzene rings is 3. The smallest absolute Gasteiger partial charge is 0.251 e. The van der Waals surface area contributed by atoms with Gasteiger partial charge < -0.3 is 25.2 Å². The summed E-state index contributed by atoms with van der Waals surface area (Å²) in [4.78, 5) is 13.3. The Balaban J connectivity index is 1.75. The van der Waals surface area contributed by atoms with Crippen LogP contribution in [0.4, 0.5) is 5.69 Å². The van der Waals surface area contributed by atoms with Crippen LogP contribution in [0.3, 0.4) is 0 Å². The summed E-state index contributed by atoms with van der Waals surface area (Å²) in [5, 5.41) is 17.4. The number of para-hydroxylation sites is 1. The van der Waals surface area contributed by atoms with E-state index in [1.54, 1.807) is 45.4 Å². The number of nitrogens with zero attached hydrogens (tertiary/aromatic N) is 1. The first-order valence-electron chi connectivity index (χ1n) is 13.2. The molecule has 0 aliphatic rings. The summed E-state index contributed by atoms with van der Waals surface area (Å²) in [5.74, 6) is 0.844. The van der Waals surface area contributed by atoms with Gasteiger partial charge in [-0.3, -0.25) is 9.10 Å². The minimum atomic E-state index is -3.49. The minimum Gasteiger partial charge on any atom is -0.493 e. The number of hydrogen-bond acceptors (Lipinski definition) is 7. The summed E-state index contributed by atoms with van der Waals surface area (Å²) in [7, 11) is 1.14.